The number of benzene rings is 1. The molecule has 1 saturated heterocycles. The summed E-state index contributed by atoms with van der Waals surface area (Å²) in [6.07, 6.45) is 0.00430. The monoisotopic (exact) mass is 314 g/mol. The number of primary sulfonamides is 1. The zero-order chi connectivity index (χ0) is 15.8. The van der Waals surface area contributed by atoms with Gasteiger partial charge < -0.3 is 4.90 Å². The highest BCUT2D eigenvalue weighted by Crippen LogP contribution is 2.28. The lowest BCUT2D eigenvalue weighted by atomic mass is 10.1. The number of halogens is 1. The van der Waals surface area contributed by atoms with E-state index >= 15 is 0 Å². The molecule has 1 amide bonds. The Morgan fingerprint density at radius 3 is 2.67 bits per heavy atom. The topological polar surface area (TPSA) is 97.5 Å². The number of nitrogens with zero attached hydrogens (tertiary/aromatic N) is 1. The first-order chi connectivity index (χ1) is 9.67. The van der Waals surface area contributed by atoms with Crippen LogP contribution in [0.4, 0.5) is 10.1 Å². The molecular formula is C13H15FN2O4S. The predicted octanol–water partition coefficient (Wildman–Crippen LogP) is 0.670. The van der Waals surface area contributed by atoms with Gasteiger partial charge in [0.25, 0.3) is 0 Å². The molecule has 2 N–H and O–H groups in total. The van der Waals surface area contributed by atoms with Gasteiger partial charge in [0.1, 0.15) is 5.82 Å². The summed E-state index contributed by atoms with van der Waals surface area (Å²) in [7, 11) is -3.68. The van der Waals surface area contributed by atoms with Crippen molar-refractivity contribution in [2.45, 2.75) is 13.3 Å². The van der Waals surface area contributed by atoms with E-state index < -0.39 is 21.8 Å². The van der Waals surface area contributed by atoms with Gasteiger partial charge in [-0.05, 0) is 25.1 Å². The molecule has 8 heteroatoms. The lowest BCUT2D eigenvalue weighted by Crippen LogP contribution is -2.28. The molecule has 1 atom stereocenters. The predicted molar refractivity (Wildman–Crippen MR) is 74.8 cm³/mol. The molecule has 0 radical (unpaired) electrons. The zero-order valence-corrected chi connectivity index (χ0v) is 12.2. The lowest BCUT2D eigenvalue weighted by molar-refractivity contribution is -0.117. The van der Waals surface area contributed by atoms with Gasteiger partial charge in [-0.25, -0.2) is 17.9 Å². The van der Waals surface area contributed by atoms with Crippen LogP contribution in [0.3, 0.4) is 0 Å². The molecule has 0 spiro atoms. The minimum Gasteiger partial charge on any atom is -0.309 e. The molecule has 1 aliphatic rings. The van der Waals surface area contributed by atoms with Crippen LogP contribution in [0.5, 0.6) is 0 Å². The number of sulfonamides is 1. The van der Waals surface area contributed by atoms with Crippen molar-refractivity contribution in [1.82, 2.24) is 0 Å². The van der Waals surface area contributed by atoms with Crippen molar-refractivity contribution < 1.29 is 22.4 Å². The molecule has 2 rings (SSSR count). The van der Waals surface area contributed by atoms with Gasteiger partial charge >= 0.3 is 0 Å². The van der Waals surface area contributed by atoms with Crippen LogP contribution >= 0.6 is 0 Å². The normalized spacial score (nSPS) is 19.1. The summed E-state index contributed by atoms with van der Waals surface area (Å²) in [5.74, 6) is -2.10. The van der Waals surface area contributed by atoms with Crippen LogP contribution in [0.2, 0.25) is 0 Å². The first kappa shape index (κ1) is 15.6. The van der Waals surface area contributed by atoms with Crippen LogP contribution in [-0.4, -0.2) is 32.4 Å². The van der Waals surface area contributed by atoms with Crippen molar-refractivity contribution >= 4 is 27.4 Å². The summed E-state index contributed by atoms with van der Waals surface area (Å²) < 4.78 is 36.1. The molecule has 1 aromatic carbocycles. The number of Topliss-reactive ketones (excluding diaryl/α,β-unsaturated/α-hetero) is 1. The van der Waals surface area contributed by atoms with E-state index in [1.807, 2.05) is 0 Å². The summed E-state index contributed by atoms with van der Waals surface area (Å²) in [4.78, 5) is 24.3. The number of carbonyl (C=O) groups excluding carboxylic acids is 2. The standard InChI is InChI=1S/C13H15FN2O4S/c1-8(17)10-2-3-12(11(14)5-10)16-6-9(4-13(16)18)7-21(15,19)20/h2-3,5,9H,4,6-7H2,1H3,(H2,15,19,20). The van der Waals surface area contributed by atoms with Crippen molar-refractivity contribution in [1.29, 1.82) is 0 Å². The van der Waals surface area contributed by atoms with Gasteiger partial charge in [0.2, 0.25) is 15.9 Å². The second-order valence-electron chi connectivity index (χ2n) is 5.13. The molecule has 0 bridgehead atoms. The molecule has 0 aromatic heterocycles. The zero-order valence-electron chi connectivity index (χ0n) is 11.4. The second kappa shape index (κ2) is 5.53. The molecule has 1 heterocycles. The fraction of sp³-hybridized carbons (Fsp3) is 0.385. The van der Waals surface area contributed by atoms with Crippen LogP contribution in [0.1, 0.15) is 23.7 Å². The quantitative estimate of drug-likeness (QED) is 0.826. The molecule has 1 unspecified atom stereocenters. The average Bonchev–Trinajstić information content (AvgIpc) is 2.67. The van der Waals surface area contributed by atoms with Crippen molar-refractivity contribution in [2.75, 3.05) is 17.2 Å². The third-order valence-corrected chi connectivity index (χ3v) is 4.25. The van der Waals surface area contributed by atoms with Gasteiger partial charge in [0, 0.05) is 24.4 Å². The van der Waals surface area contributed by atoms with E-state index in [0.29, 0.717) is 0 Å². The third kappa shape index (κ3) is 3.64. The maximum absolute atomic E-state index is 14.0. The average molecular weight is 314 g/mol. The maximum atomic E-state index is 14.0. The smallest absolute Gasteiger partial charge is 0.227 e. The minimum absolute atomic E-state index is 0.00430. The number of ketones is 1. The molecule has 0 aliphatic carbocycles. The van der Waals surface area contributed by atoms with E-state index in [1.54, 1.807) is 0 Å². The van der Waals surface area contributed by atoms with Crippen LogP contribution in [0.25, 0.3) is 0 Å². The summed E-state index contributed by atoms with van der Waals surface area (Å²) >= 11 is 0. The summed E-state index contributed by atoms with van der Waals surface area (Å²) in [6, 6.07) is 3.85. The van der Waals surface area contributed by atoms with Gasteiger partial charge in [-0.3, -0.25) is 9.59 Å². The molecule has 114 valence electrons. The number of anilines is 1. The highest BCUT2D eigenvalue weighted by molar-refractivity contribution is 7.89. The lowest BCUT2D eigenvalue weighted by Gasteiger charge is -2.17. The Bertz CT molecular complexity index is 702. The Morgan fingerprint density at radius 1 is 1.48 bits per heavy atom. The van der Waals surface area contributed by atoms with Crippen LogP contribution in [0.15, 0.2) is 18.2 Å². The van der Waals surface area contributed by atoms with Crippen LogP contribution in [0, 0.1) is 11.7 Å². The number of hydrogen-bond acceptors (Lipinski definition) is 4. The number of nitrogens with two attached hydrogens (primary N) is 1. The first-order valence-corrected chi connectivity index (χ1v) is 8.00. The van der Waals surface area contributed by atoms with E-state index in [-0.39, 0.29) is 41.7 Å². The number of rotatable bonds is 4. The molecule has 6 nitrogen and oxygen atoms in total. The Hall–Kier alpha value is -1.80. The largest absolute Gasteiger partial charge is 0.309 e. The van der Waals surface area contributed by atoms with E-state index in [0.717, 1.165) is 6.07 Å². The van der Waals surface area contributed by atoms with Crippen LogP contribution < -0.4 is 10.0 Å². The Kier molecular flexibility index (Phi) is 4.11. The molecule has 1 aliphatic heterocycles. The van der Waals surface area contributed by atoms with E-state index in [2.05, 4.69) is 0 Å². The van der Waals surface area contributed by atoms with E-state index in [9.17, 15) is 22.4 Å². The van der Waals surface area contributed by atoms with Crippen molar-refractivity contribution in [2.24, 2.45) is 11.1 Å². The highest BCUT2D eigenvalue weighted by Gasteiger charge is 2.34. The second-order valence-corrected chi connectivity index (χ2v) is 6.79. The fourth-order valence-corrected chi connectivity index (χ4v) is 3.28. The van der Waals surface area contributed by atoms with E-state index in [1.165, 1.54) is 24.0 Å². The Labute approximate surface area is 121 Å². The Morgan fingerprint density at radius 2 is 2.14 bits per heavy atom. The third-order valence-electron chi connectivity index (χ3n) is 3.32. The summed E-state index contributed by atoms with van der Waals surface area (Å²) in [6.45, 7) is 1.41. The summed E-state index contributed by atoms with van der Waals surface area (Å²) in [5, 5.41) is 4.96. The highest BCUT2D eigenvalue weighted by atomic mass is 32.2. The first-order valence-electron chi connectivity index (χ1n) is 6.28. The molecule has 0 saturated carbocycles. The Balaban J connectivity index is 2.23. The maximum Gasteiger partial charge on any atom is 0.227 e. The summed E-state index contributed by atoms with van der Waals surface area (Å²) in [5.41, 5.74) is 0.255. The number of carbonyl (C=O) groups is 2. The molecule has 1 aromatic rings. The van der Waals surface area contributed by atoms with Gasteiger partial charge in [-0.15, -0.1) is 0 Å². The fourth-order valence-electron chi connectivity index (χ4n) is 2.40. The molecule has 21 heavy (non-hydrogen) atoms. The number of amides is 1. The van der Waals surface area contributed by atoms with Crippen LogP contribution in [-0.2, 0) is 14.8 Å². The van der Waals surface area contributed by atoms with Crippen molar-refractivity contribution in [3.63, 3.8) is 0 Å². The van der Waals surface area contributed by atoms with Gasteiger partial charge in [0.15, 0.2) is 5.78 Å². The molecular weight excluding hydrogens is 299 g/mol. The number of hydrogen-bond donors (Lipinski definition) is 1. The van der Waals surface area contributed by atoms with Crippen molar-refractivity contribution in [3.05, 3.63) is 29.6 Å². The van der Waals surface area contributed by atoms with E-state index in [4.69, 9.17) is 5.14 Å². The van der Waals surface area contributed by atoms with Gasteiger partial charge in [0.05, 0.1) is 11.4 Å². The minimum atomic E-state index is -3.68. The SMILES string of the molecule is CC(=O)c1ccc(N2CC(CS(N)(=O)=O)CC2=O)c(F)c1. The molecule has 1 fully saturated rings. The van der Waals surface area contributed by atoms with Gasteiger partial charge in [-0.2, -0.15) is 0 Å². The van der Waals surface area contributed by atoms with Gasteiger partial charge in [-0.1, -0.05) is 0 Å². The van der Waals surface area contributed by atoms with Crippen molar-refractivity contribution in [3.8, 4) is 0 Å².